The van der Waals surface area contributed by atoms with E-state index in [1.165, 1.54) is 0 Å². The van der Waals surface area contributed by atoms with Gasteiger partial charge in [0, 0.05) is 11.9 Å². The van der Waals surface area contributed by atoms with Gasteiger partial charge < -0.3 is 15.1 Å². The summed E-state index contributed by atoms with van der Waals surface area (Å²) >= 11 is 0. The van der Waals surface area contributed by atoms with Gasteiger partial charge in [0.25, 0.3) is 5.91 Å². The van der Waals surface area contributed by atoms with Crippen molar-refractivity contribution in [2.24, 2.45) is 5.84 Å². The Labute approximate surface area is 122 Å². The second-order valence-corrected chi connectivity index (χ2v) is 5.14. The zero-order valence-electron chi connectivity index (χ0n) is 11.9. The third-order valence-electron chi connectivity index (χ3n) is 3.72. The lowest BCUT2D eigenvalue weighted by atomic mass is 10.1. The summed E-state index contributed by atoms with van der Waals surface area (Å²) in [6.07, 6.45) is 0. The molecule has 1 aliphatic rings. The van der Waals surface area contributed by atoms with Crippen molar-refractivity contribution in [3.63, 3.8) is 0 Å². The van der Waals surface area contributed by atoms with Crippen LogP contribution in [0.2, 0.25) is 0 Å². The summed E-state index contributed by atoms with van der Waals surface area (Å²) in [5, 5.41) is 0.834. The fourth-order valence-electron chi connectivity index (χ4n) is 2.61. The number of nitrogen functional groups attached to an aromatic ring is 1. The number of pyridine rings is 1. The third-order valence-corrected chi connectivity index (χ3v) is 3.72. The van der Waals surface area contributed by atoms with E-state index in [0.29, 0.717) is 31.1 Å². The average Bonchev–Trinajstić information content (AvgIpc) is 2.53. The maximum atomic E-state index is 12.9. The van der Waals surface area contributed by atoms with E-state index in [9.17, 15) is 4.79 Å². The van der Waals surface area contributed by atoms with Crippen LogP contribution in [0.3, 0.4) is 0 Å². The molecular weight excluding hydrogens is 268 g/mol. The van der Waals surface area contributed by atoms with Crippen molar-refractivity contribution in [2.75, 3.05) is 25.2 Å². The van der Waals surface area contributed by atoms with Crippen molar-refractivity contribution < 1.29 is 9.53 Å². The summed E-state index contributed by atoms with van der Waals surface area (Å²) in [5.41, 5.74) is 3.88. The summed E-state index contributed by atoms with van der Waals surface area (Å²) in [7, 11) is 0. The molecule has 6 heteroatoms. The van der Waals surface area contributed by atoms with Crippen molar-refractivity contribution in [3.8, 4) is 0 Å². The van der Waals surface area contributed by atoms with E-state index < -0.39 is 0 Å². The van der Waals surface area contributed by atoms with Gasteiger partial charge >= 0.3 is 0 Å². The van der Waals surface area contributed by atoms with E-state index in [-0.39, 0.29) is 11.9 Å². The van der Waals surface area contributed by atoms with Crippen LogP contribution in [0.5, 0.6) is 0 Å². The zero-order valence-corrected chi connectivity index (χ0v) is 11.9. The lowest BCUT2D eigenvalue weighted by Gasteiger charge is -2.33. The highest BCUT2D eigenvalue weighted by molar-refractivity contribution is 6.07. The molecule has 1 aromatic carbocycles. The van der Waals surface area contributed by atoms with E-state index in [2.05, 4.69) is 10.4 Å². The number of hydrogen-bond acceptors (Lipinski definition) is 5. The molecule has 1 atom stereocenters. The van der Waals surface area contributed by atoms with Gasteiger partial charge in [-0.25, -0.2) is 10.8 Å². The molecule has 3 rings (SSSR count). The van der Waals surface area contributed by atoms with Gasteiger partial charge in [-0.3, -0.25) is 4.79 Å². The first kappa shape index (κ1) is 13.8. The Morgan fingerprint density at radius 2 is 2.29 bits per heavy atom. The number of carbonyl (C=O) groups excluding carboxylic acids is 1. The molecule has 2 aromatic rings. The number of para-hydroxylation sites is 1. The van der Waals surface area contributed by atoms with Crippen LogP contribution >= 0.6 is 0 Å². The minimum Gasteiger partial charge on any atom is -0.377 e. The topological polar surface area (TPSA) is 80.5 Å². The molecule has 6 nitrogen and oxygen atoms in total. The van der Waals surface area contributed by atoms with Crippen LogP contribution in [0.1, 0.15) is 17.3 Å². The Hall–Kier alpha value is -2.18. The van der Waals surface area contributed by atoms with Gasteiger partial charge in [-0.15, -0.1) is 0 Å². The number of rotatable bonds is 2. The molecule has 1 aromatic heterocycles. The van der Waals surface area contributed by atoms with Gasteiger partial charge in [-0.1, -0.05) is 18.2 Å². The number of nitrogens with one attached hydrogen (secondary N) is 1. The van der Waals surface area contributed by atoms with Crippen LogP contribution in [0.25, 0.3) is 10.9 Å². The minimum absolute atomic E-state index is 0.0131. The molecule has 0 saturated carbocycles. The molecule has 1 saturated heterocycles. The van der Waals surface area contributed by atoms with Crippen LogP contribution in [-0.2, 0) is 4.74 Å². The molecule has 21 heavy (non-hydrogen) atoms. The summed E-state index contributed by atoms with van der Waals surface area (Å²) in [4.78, 5) is 19.1. The number of ether oxygens (including phenoxy) is 1. The highest BCUT2D eigenvalue weighted by atomic mass is 16.5. The summed E-state index contributed by atoms with van der Waals surface area (Å²) < 4.78 is 5.39. The lowest BCUT2D eigenvalue weighted by molar-refractivity contribution is 0.00370. The fourth-order valence-corrected chi connectivity index (χ4v) is 2.61. The zero-order chi connectivity index (χ0) is 14.8. The Morgan fingerprint density at radius 1 is 1.48 bits per heavy atom. The molecule has 0 aliphatic carbocycles. The maximum Gasteiger partial charge on any atom is 0.255 e. The smallest absolute Gasteiger partial charge is 0.255 e. The van der Waals surface area contributed by atoms with Gasteiger partial charge in [-0.2, -0.15) is 0 Å². The van der Waals surface area contributed by atoms with Gasteiger partial charge in [-0.05, 0) is 19.1 Å². The number of hydrogen-bond donors (Lipinski definition) is 2. The largest absolute Gasteiger partial charge is 0.377 e. The number of anilines is 1. The van der Waals surface area contributed by atoms with Crippen LogP contribution in [0.15, 0.2) is 30.3 Å². The number of benzene rings is 1. The average molecular weight is 286 g/mol. The molecule has 1 aliphatic heterocycles. The summed E-state index contributed by atoms with van der Waals surface area (Å²) in [6, 6.07) is 9.33. The number of nitrogens with two attached hydrogens (primary N) is 1. The number of amides is 1. The minimum atomic E-state index is -0.0131. The number of carbonyl (C=O) groups is 1. The van der Waals surface area contributed by atoms with E-state index >= 15 is 0 Å². The predicted molar refractivity (Wildman–Crippen MR) is 80.9 cm³/mol. The number of nitrogens with zero attached hydrogens (tertiary/aromatic N) is 2. The van der Waals surface area contributed by atoms with Crippen LogP contribution in [0.4, 0.5) is 5.82 Å². The highest BCUT2D eigenvalue weighted by Crippen LogP contribution is 2.23. The molecule has 3 N–H and O–H groups in total. The standard InChI is InChI=1S/C15H18N4O2/c1-10-9-21-7-6-19(10)15(20)12-8-14(18-16)17-13-5-3-2-4-11(12)13/h2-5,8,10H,6-7,9,16H2,1H3,(H,17,18). The molecule has 1 amide bonds. The SMILES string of the molecule is CC1COCCN1C(=O)c1cc(NN)nc2ccccc12. The quantitative estimate of drug-likeness (QED) is 0.644. The molecule has 2 heterocycles. The fraction of sp³-hybridized carbons (Fsp3) is 0.333. The monoisotopic (exact) mass is 286 g/mol. The van der Waals surface area contributed by atoms with Gasteiger partial charge in [0.2, 0.25) is 0 Å². The van der Waals surface area contributed by atoms with Crippen molar-refractivity contribution in [3.05, 3.63) is 35.9 Å². The van der Waals surface area contributed by atoms with Crippen molar-refractivity contribution in [2.45, 2.75) is 13.0 Å². The number of aromatic nitrogens is 1. The Morgan fingerprint density at radius 3 is 3.05 bits per heavy atom. The molecule has 0 radical (unpaired) electrons. The molecule has 0 bridgehead atoms. The maximum absolute atomic E-state index is 12.9. The lowest BCUT2D eigenvalue weighted by Crippen LogP contribution is -2.47. The summed E-state index contributed by atoms with van der Waals surface area (Å²) in [5.74, 6) is 5.93. The van der Waals surface area contributed by atoms with Gasteiger partial charge in [0.05, 0.1) is 30.3 Å². The molecule has 1 fully saturated rings. The highest BCUT2D eigenvalue weighted by Gasteiger charge is 2.26. The normalized spacial score (nSPS) is 18.8. The first-order valence-corrected chi connectivity index (χ1v) is 6.96. The van der Waals surface area contributed by atoms with Crippen LogP contribution < -0.4 is 11.3 Å². The van der Waals surface area contributed by atoms with Crippen LogP contribution in [0, 0.1) is 0 Å². The predicted octanol–water partition coefficient (Wildman–Crippen LogP) is 1.38. The van der Waals surface area contributed by atoms with E-state index in [1.807, 2.05) is 36.1 Å². The van der Waals surface area contributed by atoms with Crippen LogP contribution in [-0.4, -0.2) is 41.6 Å². The molecule has 110 valence electrons. The second kappa shape index (κ2) is 5.67. The summed E-state index contributed by atoms with van der Waals surface area (Å²) in [6.45, 7) is 3.72. The number of hydrazine groups is 1. The molecular formula is C15H18N4O2. The third kappa shape index (κ3) is 2.55. The Balaban J connectivity index is 2.07. The van der Waals surface area contributed by atoms with E-state index in [1.54, 1.807) is 6.07 Å². The van der Waals surface area contributed by atoms with Crippen molar-refractivity contribution in [1.82, 2.24) is 9.88 Å². The van der Waals surface area contributed by atoms with E-state index in [0.717, 1.165) is 10.9 Å². The molecule has 1 unspecified atom stereocenters. The molecule has 0 spiro atoms. The Bertz CT molecular complexity index is 674. The van der Waals surface area contributed by atoms with Gasteiger partial charge in [0.15, 0.2) is 0 Å². The van der Waals surface area contributed by atoms with Gasteiger partial charge in [0.1, 0.15) is 5.82 Å². The van der Waals surface area contributed by atoms with Crippen molar-refractivity contribution >= 4 is 22.6 Å². The number of morpholine rings is 1. The van der Waals surface area contributed by atoms with E-state index in [4.69, 9.17) is 10.6 Å². The number of fused-ring (bicyclic) bond motifs is 1. The first-order valence-electron chi connectivity index (χ1n) is 6.96. The first-order chi connectivity index (χ1) is 10.2. The van der Waals surface area contributed by atoms with Crippen molar-refractivity contribution in [1.29, 1.82) is 0 Å². The second-order valence-electron chi connectivity index (χ2n) is 5.14. The Kier molecular flexibility index (Phi) is 3.72.